The van der Waals surface area contributed by atoms with Gasteiger partial charge in [0.15, 0.2) is 11.6 Å². The number of aliphatic hydroxyl groups excluding tert-OH is 2. The van der Waals surface area contributed by atoms with Gasteiger partial charge in [0.2, 0.25) is 11.2 Å². The van der Waals surface area contributed by atoms with Crippen LogP contribution in [0.2, 0.25) is 5.28 Å². The Morgan fingerprint density at radius 1 is 1.37 bits per heavy atom. The first-order valence-electron chi connectivity index (χ1n) is 9.53. The highest BCUT2D eigenvalue weighted by atomic mass is 127. The van der Waals surface area contributed by atoms with Crippen LogP contribution in [-0.4, -0.2) is 58.1 Å². The monoisotopic (exact) mass is 544 g/mol. The van der Waals surface area contributed by atoms with Crippen LogP contribution in [0, 0.1) is 9.49 Å². The molecule has 1 aromatic heterocycles. The van der Waals surface area contributed by atoms with Crippen molar-refractivity contribution in [3.63, 3.8) is 0 Å². The van der Waals surface area contributed by atoms with Crippen molar-refractivity contribution < 1.29 is 15.0 Å². The second kappa shape index (κ2) is 8.69. The minimum Gasteiger partial charge on any atom is -0.390 e. The number of amides is 1. The Morgan fingerprint density at radius 3 is 2.90 bits per heavy atom. The van der Waals surface area contributed by atoms with Crippen LogP contribution in [0.5, 0.6) is 0 Å². The number of benzene rings is 1. The minimum absolute atomic E-state index is 0.0727. The fourth-order valence-electron chi connectivity index (χ4n) is 4.03. The van der Waals surface area contributed by atoms with Crippen LogP contribution in [0.25, 0.3) is 0 Å². The molecule has 4 atom stereocenters. The predicted molar refractivity (Wildman–Crippen MR) is 122 cm³/mol. The third-order valence-corrected chi connectivity index (χ3v) is 6.39. The molecule has 30 heavy (non-hydrogen) atoms. The Morgan fingerprint density at radius 2 is 2.17 bits per heavy atom. The number of nitrogens with zero attached hydrogens (tertiary/aromatic N) is 3. The lowest BCUT2D eigenvalue weighted by molar-refractivity contribution is -0.128. The zero-order valence-corrected chi connectivity index (χ0v) is 19.1. The van der Waals surface area contributed by atoms with E-state index in [1.807, 2.05) is 23.1 Å². The summed E-state index contributed by atoms with van der Waals surface area (Å²) < 4.78 is 1.14. The maximum absolute atomic E-state index is 12.1. The molecule has 160 valence electrons. The Labute approximate surface area is 192 Å². The minimum atomic E-state index is -1.14. The van der Waals surface area contributed by atoms with E-state index in [1.54, 1.807) is 0 Å². The molecular weight excluding hydrogens is 523 g/mol. The lowest BCUT2D eigenvalue weighted by Gasteiger charge is -2.27. The number of rotatable bonds is 5. The number of hydrogen-bond acceptors (Lipinski definition) is 8. The van der Waals surface area contributed by atoms with E-state index in [9.17, 15) is 15.0 Å². The highest BCUT2D eigenvalue weighted by Crippen LogP contribution is 2.41. The fraction of sp³-hybridized carbons (Fsp3) is 0.421. The van der Waals surface area contributed by atoms with Gasteiger partial charge in [0.1, 0.15) is 11.8 Å². The van der Waals surface area contributed by atoms with Gasteiger partial charge in [-0.1, -0.05) is 12.1 Å². The van der Waals surface area contributed by atoms with E-state index >= 15 is 0 Å². The van der Waals surface area contributed by atoms with Crippen LogP contribution < -0.4 is 20.9 Å². The summed E-state index contributed by atoms with van der Waals surface area (Å²) in [6.07, 6.45) is -1.93. The smallest absolute Gasteiger partial charge is 0.226 e. The Bertz CT molecular complexity index is 964. The summed E-state index contributed by atoms with van der Waals surface area (Å²) >= 11 is 8.45. The molecule has 2 heterocycles. The van der Waals surface area contributed by atoms with Crippen molar-refractivity contribution in [2.75, 3.05) is 29.2 Å². The van der Waals surface area contributed by atoms with Crippen LogP contribution in [0.3, 0.4) is 0 Å². The van der Waals surface area contributed by atoms with Crippen molar-refractivity contribution in [1.82, 2.24) is 15.3 Å². The normalized spacial score (nSPS) is 25.0. The number of aliphatic hydroxyl groups is 2. The first-order valence-corrected chi connectivity index (χ1v) is 11.0. The summed E-state index contributed by atoms with van der Waals surface area (Å²) in [6.45, 7) is 0.916. The van der Waals surface area contributed by atoms with E-state index in [0.717, 1.165) is 9.13 Å². The average Bonchev–Trinajstić information content (AvgIpc) is 3.27. The fourth-order valence-corrected chi connectivity index (χ4v) is 4.80. The van der Waals surface area contributed by atoms with E-state index in [4.69, 9.17) is 11.6 Å². The quantitative estimate of drug-likeness (QED) is 0.283. The number of carbonyl (C=O) groups excluding carboxylic acids is 1. The van der Waals surface area contributed by atoms with Crippen LogP contribution in [-0.2, 0) is 11.3 Å². The van der Waals surface area contributed by atoms with Gasteiger partial charge in [0.05, 0.1) is 24.7 Å². The molecule has 5 N–H and O–H groups in total. The van der Waals surface area contributed by atoms with Crippen LogP contribution in [0.1, 0.15) is 12.0 Å². The van der Waals surface area contributed by atoms with Crippen molar-refractivity contribution >= 4 is 57.4 Å². The van der Waals surface area contributed by atoms with Crippen molar-refractivity contribution in [1.29, 1.82) is 0 Å². The van der Waals surface area contributed by atoms with Crippen LogP contribution in [0.4, 0.5) is 17.3 Å². The number of nitrogens with one attached hydrogen (secondary N) is 3. The summed E-state index contributed by atoms with van der Waals surface area (Å²) in [5.74, 6) is 0.114. The molecule has 0 saturated heterocycles. The van der Waals surface area contributed by atoms with E-state index in [-0.39, 0.29) is 11.2 Å². The van der Waals surface area contributed by atoms with Gasteiger partial charge in [-0.3, -0.25) is 4.79 Å². The second-order valence-corrected chi connectivity index (χ2v) is 8.92. The molecular formula is C19H22ClIN6O3. The maximum atomic E-state index is 12.1. The topological polar surface area (TPSA) is 123 Å². The molecule has 1 aliphatic heterocycles. The van der Waals surface area contributed by atoms with Crippen LogP contribution >= 0.6 is 34.2 Å². The molecule has 4 rings (SSSR count). The molecule has 1 saturated carbocycles. The molecule has 1 aromatic carbocycles. The van der Waals surface area contributed by atoms with E-state index in [1.165, 1.54) is 7.05 Å². The van der Waals surface area contributed by atoms with Gasteiger partial charge >= 0.3 is 0 Å². The molecule has 1 aliphatic carbocycles. The first kappa shape index (κ1) is 21.3. The third kappa shape index (κ3) is 4.01. The van der Waals surface area contributed by atoms with Crippen molar-refractivity contribution in [2.45, 2.75) is 31.2 Å². The molecule has 0 unspecified atom stereocenters. The molecule has 0 spiro atoms. The zero-order valence-electron chi connectivity index (χ0n) is 16.1. The second-order valence-electron chi connectivity index (χ2n) is 7.33. The van der Waals surface area contributed by atoms with E-state index in [0.29, 0.717) is 37.0 Å². The summed E-state index contributed by atoms with van der Waals surface area (Å²) in [5, 5.41) is 30.1. The summed E-state index contributed by atoms with van der Waals surface area (Å²) in [7, 11) is 1.51. The van der Waals surface area contributed by atoms with E-state index < -0.39 is 24.2 Å². The van der Waals surface area contributed by atoms with Crippen LogP contribution in [0.15, 0.2) is 24.3 Å². The lowest BCUT2D eigenvalue weighted by Crippen LogP contribution is -2.44. The number of aromatic nitrogens is 2. The third-order valence-electron chi connectivity index (χ3n) is 5.55. The van der Waals surface area contributed by atoms with Gasteiger partial charge in [0.25, 0.3) is 0 Å². The summed E-state index contributed by atoms with van der Waals surface area (Å²) in [6, 6.07) is 7.63. The standard InChI is InChI=1S/C19H22ClIN6O3/c1-22-18(30)11-6-12(15(29)14(11)28)27-8-24-13-16(25-19(20)26-17(13)27)23-7-9-3-2-4-10(21)5-9/h2-5,11-12,14-15,24,28-29H,6-8H2,1H3,(H,22,30)(H,23,25,26)/t11-,12+,14+,15-/m0/s1. The van der Waals surface area contributed by atoms with Gasteiger partial charge in [-0.15, -0.1) is 0 Å². The molecule has 0 radical (unpaired) electrons. The number of hydrogen-bond donors (Lipinski definition) is 5. The Hall–Kier alpha value is -1.89. The molecule has 0 bridgehead atoms. The largest absolute Gasteiger partial charge is 0.390 e. The van der Waals surface area contributed by atoms with Gasteiger partial charge < -0.3 is 31.1 Å². The summed E-state index contributed by atoms with van der Waals surface area (Å²) in [4.78, 5) is 22.5. The van der Waals surface area contributed by atoms with Gasteiger partial charge in [-0.05, 0) is 58.3 Å². The van der Waals surface area contributed by atoms with Crippen molar-refractivity contribution in [2.24, 2.45) is 5.92 Å². The molecule has 1 amide bonds. The SMILES string of the molecule is CNC(=O)[C@H]1C[C@@H](N2CNc3c(NCc4cccc(I)c4)nc(Cl)nc32)[C@H](O)[C@@H]1O. The molecule has 9 nitrogen and oxygen atoms in total. The van der Waals surface area contributed by atoms with Crippen molar-refractivity contribution in [3.05, 3.63) is 38.7 Å². The number of carbonyl (C=O) groups is 1. The summed E-state index contributed by atoms with van der Waals surface area (Å²) in [5.41, 5.74) is 1.78. The lowest BCUT2D eigenvalue weighted by atomic mass is 10.1. The highest BCUT2D eigenvalue weighted by Gasteiger charge is 2.48. The van der Waals surface area contributed by atoms with Gasteiger partial charge in [-0.2, -0.15) is 9.97 Å². The van der Waals surface area contributed by atoms with Gasteiger partial charge in [0, 0.05) is 17.2 Å². The number of fused-ring (bicyclic) bond motifs is 1. The Balaban J connectivity index is 1.57. The zero-order chi connectivity index (χ0) is 21.4. The van der Waals surface area contributed by atoms with E-state index in [2.05, 4.69) is 54.6 Å². The number of halogens is 2. The molecule has 1 fully saturated rings. The first-order chi connectivity index (χ1) is 14.4. The predicted octanol–water partition coefficient (Wildman–Crippen LogP) is 1.39. The van der Waals surface area contributed by atoms with Gasteiger partial charge in [-0.25, -0.2) is 0 Å². The molecule has 2 aliphatic rings. The number of anilines is 3. The van der Waals surface area contributed by atoms with Crippen molar-refractivity contribution in [3.8, 4) is 0 Å². The highest BCUT2D eigenvalue weighted by molar-refractivity contribution is 14.1. The molecule has 2 aromatic rings. The molecule has 11 heteroatoms. The Kier molecular flexibility index (Phi) is 6.19. The maximum Gasteiger partial charge on any atom is 0.226 e. The average molecular weight is 545 g/mol.